The molecule has 2 fully saturated rings. The summed E-state index contributed by atoms with van der Waals surface area (Å²) in [6.45, 7) is 7.39. The summed E-state index contributed by atoms with van der Waals surface area (Å²) in [5.74, 6) is -3.99. The first-order chi connectivity index (χ1) is 10.9. The van der Waals surface area contributed by atoms with E-state index in [-0.39, 0.29) is 6.42 Å². The predicted octanol–water partition coefficient (Wildman–Crippen LogP) is 0.674. The highest BCUT2D eigenvalue weighted by Gasteiger charge is 2.74. The first-order valence-corrected chi connectivity index (χ1v) is 8.08. The molecule has 2 heterocycles. The number of alkyl halides is 2. The molecule has 0 aromatic carbocycles. The van der Waals surface area contributed by atoms with Crippen LogP contribution in [0.4, 0.5) is 13.6 Å². The second-order valence-corrected chi connectivity index (χ2v) is 7.14. The zero-order valence-electron chi connectivity index (χ0n) is 14.3. The van der Waals surface area contributed by atoms with E-state index in [0.29, 0.717) is 13.1 Å². The van der Waals surface area contributed by atoms with Crippen LogP contribution in [0.5, 0.6) is 0 Å². The summed E-state index contributed by atoms with van der Waals surface area (Å²) in [5, 5.41) is 19.7. The maximum absolute atomic E-state index is 14.6. The molecule has 140 valence electrons. The van der Waals surface area contributed by atoms with Gasteiger partial charge < -0.3 is 24.6 Å². The topological polar surface area (TPSA) is 105 Å². The maximum Gasteiger partial charge on any atom is 0.410 e. The summed E-state index contributed by atoms with van der Waals surface area (Å²) in [5.41, 5.74) is 2.14. The molecule has 24 heavy (non-hydrogen) atoms. The van der Waals surface area contributed by atoms with Crippen molar-refractivity contribution in [3.63, 3.8) is 0 Å². The Morgan fingerprint density at radius 3 is 2.38 bits per heavy atom. The zero-order valence-corrected chi connectivity index (χ0v) is 14.3. The fourth-order valence-electron chi connectivity index (χ4n) is 3.56. The van der Waals surface area contributed by atoms with Crippen LogP contribution in [0.3, 0.4) is 0 Å². The monoisotopic (exact) mass is 352 g/mol. The third-order valence-electron chi connectivity index (χ3n) is 5.01. The van der Waals surface area contributed by atoms with E-state index >= 15 is 0 Å². The second-order valence-electron chi connectivity index (χ2n) is 7.14. The number of carbonyl (C=O) groups is 1. The van der Waals surface area contributed by atoms with Crippen LogP contribution in [-0.4, -0.2) is 70.4 Å². The zero-order chi connectivity index (χ0) is 18.5. The van der Waals surface area contributed by atoms with Crippen molar-refractivity contribution in [3.05, 3.63) is 0 Å². The van der Waals surface area contributed by atoms with Crippen LogP contribution >= 0.6 is 0 Å². The summed E-state index contributed by atoms with van der Waals surface area (Å²) >= 11 is 0. The van der Waals surface area contributed by atoms with Crippen molar-refractivity contribution in [1.82, 2.24) is 4.90 Å². The Labute approximate surface area is 139 Å². The Balaban J connectivity index is 2.40. The lowest BCUT2D eigenvalue weighted by Crippen LogP contribution is -2.81. The number of fused-ring (bicyclic) bond motifs is 2. The number of halogens is 2. The number of hydrogen-bond acceptors (Lipinski definition) is 6. The number of ether oxygens (including phenoxy) is 2. The fraction of sp³-hybridized carbons (Fsp3) is 0.933. The van der Waals surface area contributed by atoms with Crippen LogP contribution in [0.1, 0.15) is 34.1 Å². The highest BCUT2D eigenvalue weighted by atomic mass is 19.3. The van der Waals surface area contributed by atoms with Gasteiger partial charge in [-0.2, -0.15) is 8.78 Å². The molecule has 7 nitrogen and oxygen atoms in total. The maximum atomic E-state index is 14.6. The van der Waals surface area contributed by atoms with Crippen LogP contribution in [0.15, 0.2) is 0 Å². The normalized spacial score (nSPS) is 40.0. The molecule has 9 heteroatoms. The number of rotatable bonds is 3. The third-order valence-corrected chi connectivity index (χ3v) is 5.01. The number of hydrogen-bond donors (Lipinski definition) is 3. The standard InChI is InChI=1S/C15H26F2N2O5/c1-5-19(6-2)12(22)23-11-13(3,4)7-8-9(20)10(21)14(16,17)15(11,18)24-8/h8-11,20-21H,5-7,18H2,1-4H3/t8-,9+,10-,11-,15+/m1/s1. The van der Waals surface area contributed by atoms with Gasteiger partial charge in [0.2, 0.25) is 5.72 Å². The largest absolute Gasteiger partial charge is 0.441 e. The first-order valence-electron chi connectivity index (χ1n) is 8.08. The van der Waals surface area contributed by atoms with Crippen molar-refractivity contribution in [3.8, 4) is 0 Å². The van der Waals surface area contributed by atoms with Gasteiger partial charge in [0.25, 0.3) is 0 Å². The van der Waals surface area contributed by atoms with E-state index in [1.54, 1.807) is 27.7 Å². The van der Waals surface area contributed by atoms with E-state index in [9.17, 15) is 23.8 Å². The lowest BCUT2D eigenvalue weighted by molar-refractivity contribution is -0.385. The van der Waals surface area contributed by atoms with E-state index in [1.807, 2.05) is 0 Å². The molecule has 1 amide bonds. The lowest BCUT2D eigenvalue weighted by atomic mass is 9.67. The van der Waals surface area contributed by atoms with Gasteiger partial charge >= 0.3 is 12.0 Å². The average Bonchev–Trinajstić information content (AvgIpc) is 2.48. The summed E-state index contributed by atoms with van der Waals surface area (Å²) in [4.78, 5) is 13.6. The first kappa shape index (κ1) is 19.3. The molecule has 0 unspecified atom stereocenters. The summed E-state index contributed by atoms with van der Waals surface area (Å²) in [6, 6.07) is 0. The van der Waals surface area contributed by atoms with Crippen LogP contribution < -0.4 is 5.73 Å². The predicted molar refractivity (Wildman–Crippen MR) is 80.3 cm³/mol. The van der Waals surface area contributed by atoms with E-state index in [1.165, 1.54) is 4.90 Å². The van der Waals surface area contributed by atoms with Gasteiger partial charge in [0.15, 0.2) is 12.2 Å². The van der Waals surface area contributed by atoms with Gasteiger partial charge in [-0.3, -0.25) is 5.73 Å². The Hall–Kier alpha value is -1.03. The van der Waals surface area contributed by atoms with Gasteiger partial charge in [-0.05, 0) is 20.3 Å². The Morgan fingerprint density at radius 2 is 1.88 bits per heavy atom. The molecule has 0 spiro atoms. The van der Waals surface area contributed by atoms with Crippen molar-refractivity contribution >= 4 is 6.09 Å². The molecule has 0 aliphatic carbocycles. The summed E-state index contributed by atoms with van der Waals surface area (Å²) < 4.78 is 39.8. The fourth-order valence-corrected chi connectivity index (χ4v) is 3.56. The number of nitrogens with zero attached hydrogens (tertiary/aromatic N) is 1. The average molecular weight is 352 g/mol. The van der Waals surface area contributed by atoms with Gasteiger partial charge in [-0.25, -0.2) is 4.79 Å². The minimum atomic E-state index is -3.99. The van der Waals surface area contributed by atoms with Crippen LogP contribution in [0, 0.1) is 5.41 Å². The van der Waals surface area contributed by atoms with E-state index in [4.69, 9.17) is 15.2 Å². The highest BCUT2D eigenvalue weighted by Crippen LogP contribution is 2.53. The smallest absolute Gasteiger partial charge is 0.410 e. The number of aliphatic hydroxyl groups is 2. The van der Waals surface area contributed by atoms with E-state index < -0.39 is 47.6 Å². The number of aliphatic hydroxyl groups excluding tert-OH is 2. The lowest BCUT2D eigenvalue weighted by Gasteiger charge is -2.59. The van der Waals surface area contributed by atoms with Gasteiger partial charge in [0.1, 0.15) is 6.10 Å². The Morgan fingerprint density at radius 1 is 1.33 bits per heavy atom. The second kappa shape index (κ2) is 6.05. The SMILES string of the molecule is CCN(CC)C(=O)O[C@@H]1C(C)(C)C[C@H]2O[C@]1(N)C(F)(F)[C@H](O)[C@H]2O. The summed E-state index contributed by atoms with van der Waals surface area (Å²) in [6.07, 6.45) is -7.39. The molecular formula is C15H26F2N2O5. The molecular weight excluding hydrogens is 326 g/mol. The van der Waals surface area contributed by atoms with Crippen molar-refractivity contribution in [1.29, 1.82) is 0 Å². The van der Waals surface area contributed by atoms with E-state index in [2.05, 4.69) is 0 Å². The number of nitrogens with two attached hydrogens (primary N) is 1. The number of carbonyl (C=O) groups excluding carboxylic acids is 1. The van der Waals surface area contributed by atoms with Crippen LogP contribution in [-0.2, 0) is 9.47 Å². The van der Waals surface area contributed by atoms with Gasteiger partial charge in [-0.15, -0.1) is 0 Å². The van der Waals surface area contributed by atoms with Gasteiger partial charge in [0.05, 0.1) is 6.10 Å². The molecule has 4 N–H and O–H groups in total. The highest BCUT2D eigenvalue weighted by molar-refractivity contribution is 5.68. The minimum Gasteiger partial charge on any atom is -0.441 e. The quantitative estimate of drug-likeness (QED) is 0.690. The van der Waals surface area contributed by atoms with Crippen LogP contribution in [0.25, 0.3) is 0 Å². The van der Waals surface area contributed by atoms with E-state index in [0.717, 1.165) is 0 Å². The molecule has 5 atom stereocenters. The molecule has 2 saturated heterocycles. The van der Waals surface area contributed by atoms with Crippen molar-refractivity contribution in [2.75, 3.05) is 13.1 Å². The summed E-state index contributed by atoms with van der Waals surface area (Å²) in [7, 11) is 0. The van der Waals surface area contributed by atoms with Crippen molar-refractivity contribution in [2.24, 2.45) is 11.1 Å². The van der Waals surface area contributed by atoms with Crippen LogP contribution in [0.2, 0.25) is 0 Å². The molecule has 2 rings (SSSR count). The Kier molecular flexibility index (Phi) is 4.86. The molecule has 0 radical (unpaired) electrons. The van der Waals surface area contributed by atoms with Crippen molar-refractivity contribution < 1.29 is 33.3 Å². The third kappa shape index (κ3) is 2.67. The van der Waals surface area contributed by atoms with Gasteiger partial charge in [0, 0.05) is 18.5 Å². The molecule has 2 aliphatic heterocycles. The molecule has 2 aliphatic rings. The minimum absolute atomic E-state index is 0.108. The van der Waals surface area contributed by atoms with Gasteiger partial charge in [-0.1, -0.05) is 13.8 Å². The Bertz CT molecular complexity index is 500. The molecule has 0 saturated carbocycles. The number of amides is 1. The molecule has 2 bridgehead atoms. The molecule has 0 aromatic heterocycles. The molecule has 0 aromatic rings. The van der Waals surface area contributed by atoms with Crippen molar-refractivity contribution in [2.45, 2.75) is 70.2 Å².